The number of nitrogens with one attached hydrogen (secondary N) is 6. The number of ether oxygens (including phenoxy) is 8. The van der Waals surface area contributed by atoms with Gasteiger partial charge in [-0.05, 0) is 57.8 Å². The SMILES string of the molecule is COC(OCCCCC(=O)NCCCNC(=O)CCOCC(C)(COCCC(=O)NCCCNC(=O)CCCCOC(O)C(O)C(O)C(O)C(C)COP(=O)(O)O)COCCC(=O)NCCCNC(=O)CCCCOC1OC(COP(=O)(O)O)C(O)C(O)C1O)C(O)C(O)C(O)C(C)COP(=O)(O)O. The van der Waals surface area contributed by atoms with Crippen LogP contribution in [-0.2, 0) is 93.9 Å². The molecule has 0 aromatic heterocycles. The second-order valence-corrected chi connectivity index (χ2v) is 28.8. The topological polar surface area (TPSA) is 651 Å². The van der Waals surface area contributed by atoms with Crippen LogP contribution >= 0.6 is 23.5 Å². The monoisotopic (exact) mass is 1580 g/mol. The van der Waals surface area contributed by atoms with E-state index in [1.807, 2.05) is 0 Å². The lowest BCUT2D eigenvalue weighted by Gasteiger charge is -2.40. The number of hydrogen-bond acceptors (Lipinski definition) is 30. The molecule has 0 saturated carbocycles. The fourth-order valence-electron chi connectivity index (χ4n) is 9.30. The standard InChI is InChI=1S/C59H115N6O36P3/c1-38(32-98-102(82,83)84)47(72)50(75)53(78)56(81)95-26-8-5-14-41(66)60-20-11-23-63-44(69)17-29-92-35-59(3,37-94-31-19-46(71)65-25-13-22-62-43(68)16-7-10-28-97-58-55(80)52(77)49(74)40(101-58)34-100-104(88,89)90)36-93-30-18-45(70)64-24-12-21-61-42(67)15-6-9-27-96-57(91-4)54(79)51(76)48(73)39(2)33-99-103(85,86)87/h38-40,47-58,72-81H,5-37H2,1-4H3,(H,60,66)(H,61,67)(H,62,68)(H,63,69)(H,64,70)(H,65,71)(H2,82,83,84)(H2,85,86,87)(H2,88,89,90). The second-order valence-electron chi connectivity index (χ2n) is 25.1. The van der Waals surface area contributed by atoms with Gasteiger partial charge in [0.2, 0.25) is 35.4 Å². The molecule has 0 radical (unpaired) electrons. The number of hydrogen-bond donors (Lipinski definition) is 22. The Labute approximate surface area is 603 Å². The summed E-state index contributed by atoms with van der Waals surface area (Å²) in [6.07, 6.45) is -18.9. The molecule has 1 heterocycles. The van der Waals surface area contributed by atoms with Crippen molar-refractivity contribution >= 4 is 58.9 Å². The number of rotatable bonds is 63. The highest BCUT2D eigenvalue weighted by Gasteiger charge is 2.45. The van der Waals surface area contributed by atoms with E-state index in [0.717, 1.165) is 0 Å². The molecule has 0 spiro atoms. The summed E-state index contributed by atoms with van der Waals surface area (Å²) < 4.78 is 89.9. The van der Waals surface area contributed by atoms with Crippen molar-refractivity contribution in [2.24, 2.45) is 17.3 Å². The third-order valence-corrected chi connectivity index (χ3v) is 16.9. The van der Waals surface area contributed by atoms with Crippen molar-refractivity contribution in [2.75, 3.05) is 126 Å². The van der Waals surface area contributed by atoms with E-state index in [4.69, 9.17) is 67.3 Å². The maximum atomic E-state index is 12.7. The maximum Gasteiger partial charge on any atom is 0.469 e. The van der Waals surface area contributed by atoms with E-state index in [2.05, 4.69) is 45.5 Å². The first-order valence-electron chi connectivity index (χ1n) is 34.1. The minimum absolute atomic E-state index is 0.00133. The number of aliphatic hydroxyl groups excluding tert-OH is 10. The molecule has 0 bridgehead atoms. The Bertz CT molecular complexity index is 2550. The van der Waals surface area contributed by atoms with Gasteiger partial charge >= 0.3 is 23.5 Å². The van der Waals surface area contributed by atoms with Gasteiger partial charge < -0.3 is 150 Å². The van der Waals surface area contributed by atoms with Gasteiger partial charge in [-0.3, -0.25) is 42.3 Å². The molecule has 1 fully saturated rings. The molecule has 612 valence electrons. The molecule has 42 nitrogen and oxygen atoms in total. The van der Waals surface area contributed by atoms with Crippen molar-refractivity contribution in [2.45, 2.75) is 197 Å². The predicted molar refractivity (Wildman–Crippen MR) is 358 cm³/mol. The summed E-state index contributed by atoms with van der Waals surface area (Å²) >= 11 is 0. The summed E-state index contributed by atoms with van der Waals surface area (Å²) in [4.78, 5) is 128. The van der Waals surface area contributed by atoms with E-state index in [1.165, 1.54) is 21.0 Å². The molecule has 0 aromatic rings. The van der Waals surface area contributed by atoms with Crippen LogP contribution in [0.1, 0.15) is 117 Å². The third kappa shape index (κ3) is 47.4. The van der Waals surface area contributed by atoms with E-state index < -0.39 is 140 Å². The summed E-state index contributed by atoms with van der Waals surface area (Å²) in [7, 11) is -13.4. The smallest absolute Gasteiger partial charge is 0.390 e. The van der Waals surface area contributed by atoms with Gasteiger partial charge in [0.05, 0.1) is 71.7 Å². The molecule has 16 unspecified atom stereocenters. The summed E-state index contributed by atoms with van der Waals surface area (Å²) in [6, 6.07) is 0. The van der Waals surface area contributed by atoms with Crippen LogP contribution in [-0.4, -0.2) is 321 Å². The van der Waals surface area contributed by atoms with E-state index in [0.29, 0.717) is 51.4 Å². The Kier molecular flexibility index (Phi) is 51.2. The van der Waals surface area contributed by atoms with Crippen LogP contribution in [0.4, 0.5) is 0 Å². The van der Waals surface area contributed by atoms with Crippen molar-refractivity contribution in [1.82, 2.24) is 31.9 Å². The molecule has 1 rings (SSSR count). The highest BCUT2D eigenvalue weighted by atomic mass is 31.2. The van der Waals surface area contributed by atoms with Crippen molar-refractivity contribution in [3.05, 3.63) is 0 Å². The summed E-state index contributed by atoms with van der Waals surface area (Å²) in [5.41, 5.74) is -0.838. The van der Waals surface area contributed by atoms with Crippen LogP contribution in [0.3, 0.4) is 0 Å². The van der Waals surface area contributed by atoms with E-state index in [1.54, 1.807) is 6.92 Å². The van der Waals surface area contributed by atoms with Crippen LogP contribution in [0.25, 0.3) is 0 Å². The lowest BCUT2D eigenvalue weighted by Crippen LogP contribution is -2.59. The van der Waals surface area contributed by atoms with Crippen molar-refractivity contribution in [3.8, 4) is 0 Å². The summed E-state index contributed by atoms with van der Waals surface area (Å²) in [6.45, 7) is 3.71. The van der Waals surface area contributed by atoms with E-state index in [-0.39, 0.29) is 179 Å². The van der Waals surface area contributed by atoms with Gasteiger partial charge in [-0.25, -0.2) is 13.7 Å². The number of carbonyl (C=O) groups is 6. The number of aliphatic hydroxyl groups is 10. The van der Waals surface area contributed by atoms with Crippen LogP contribution in [0.15, 0.2) is 0 Å². The van der Waals surface area contributed by atoms with Gasteiger partial charge in [-0.15, -0.1) is 0 Å². The van der Waals surface area contributed by atoms with Crippen molar-refractivity contribution < 1.29 is 174 Å². The molecular weight excluding hydrogens is 1460 g/mol. The Morgan fingerprint density at radius 1 is 0.423 bits per heavy atom. The number of amides is 6. The zero-order valence-electron chi connectivity index (χ0n) is 59.2. The van der Waals surface area contributed by atoms with Gasteiger partial charge in [0.15, 0.2) is 18.9 Å². The Morgan fingerprint density at radius 2 is 0.769 bits per heavy atom. The average molecular weight is 1580 g/mol. The summed E-state index contributed by atoms with van der Waals surface area (Å²) in [5, 5.41) is 119. The average Bonchev–Trinajstić information content (AvgIpc) is 0.847. The molecule has 45 heteroatoms. The number of carbonyl (C=O) groups excluding carboxylic acids is 6. The lowest BCUT2D eigenvalue weighted by molar-refractivity contribution is -0.300. The quantitative estimate of drug-likeness (QED) is 0.0153. The fourth-order valence-corrected chi connectivity index (χ4v) is 10.5. The number of methoxy groups -OCH3 is 1. The Balaban J connectivity index is 2.55. The molecule has 22 N–H and O–H groups in total. The molecule has 1 saturated heterocycles. The normalized spacial score (nSPS) is 20.1. The first kappa shape index (κ1) is 98.4. The van der Waals surface area contributed by atoms with Gasteiger partial charge in [0.25, 0.3) is 0 Å². The highest BCUT2D eigenvalue weighted by Crippen LogP contribution is 2.39. The summed E-state index contributed by atoms with van der Waals surface area (Å²) in [5.74, 6) is -3.89. The van der Waals surface area contributed by atoms with E-state index in [9.17, 15) is 93.5 Å². The molecule has 104 heavy (non-hydrogen) atoms. The van der Waals surface area contributed by atoms with Crippen LogP contribution < -0.4 is 31.9 Å². The van der Waals surface area contributed by atoms with Gasteiger partial charge in [-0.2, -0.15) is 0 Å². The molecule has 1 aliphatic rings. The first-order chi connectivity index (χ1) is 48.8. The molecule has 0 aliphatic carbocycles. The fraction of sp³-hybridized carbons (Fsp3) is 0.898. The number of phosphoric acid groups is 3. The first-order valence-corrected chi connectivity index (χ1v) is 38.7. The van der Waals surface area contributed by atoms with Crippen LogP contribution in [0, 0.1) is 17.3 Å². The third-order valence-electron chi connectivity index (χ3n) is 15.5. The lowest BCUT2D eigenvalue weighted by atomic mass is 9.94. The number of unbranched alkanes of at least 4 members (excludes halogenated alkanes) is 3. The molecular formula is C59H115N6O36P3. The minimum Gasteiger partial charge on any atom is -0.390 e. The van der Waals surface area contributed by atoms with Crippen LogP contribution in [0.5, 0.6) is 0 Å². The predicted octanol–water partition coefficient (Wildman–Crippen LogP) is -5.50. The zero-order valence-corrected chi connectivity index (χ0v) is 61.8. The van der Waals surface area contributed by atoms with Gasteiger partial charge in [-0.1, -0.05) is 20.8 Å². The maximum absolute atomic E-state index is 12.7. The second kappa shape index (κ2) is 54.1. The van der Waals surface area contributed by atoms with Gasteiger partial charge in [0, 0.05) is 122 Å². The molecule has 16 atom stereocenters. The largest absolute Gasteiger partial charge is 0.469 e. The zero-order chi connectivity index (χ0) is 78.5. The van der Waals surface area contributed by atoms with Gasteiger partial charge in [0.1, 0.15) is 48.8 Å². The van der Waals surface area contributed by atoms with Crippen molar-refractivity contribution in [3.63, 3.8) is 0 Å². The van der Waals surface area contributed by atoms with Crippen molar-refractivity contribution in [1.29, 1.82) is 0 Å². The van der Waals surface area contributed by atoms with E-state index >= 15 is 0 Å². The minimum atomic E-state index is -4.92. The highest BCUT2D eigenvalue weighted by molar-refractivity contribution is 7.46. The van der Waals surface area contributed by atoms with Crippen LogP contribution in [0.2, 0.25) is 0 Å². The molecule has 6 amide bonds. The Morgan fingerprint density at radius 3 is 1.13 bits per heavy atom. The number of phosphoric ester groups is 3. The Hall–Kier alpha value is -3.57. The molecule has 0 aromatic carbocycles. The molecule has 1 aliphatic heterocycles.